The number of rotatable bonds is 4. The lowest BCUT2D eigenvalue weighted by Gasteiger charge is -2.26. The van der Waals surface area contributed by atoms with Gasteiger partial charge in [0.1, 0.15) is 10.3 Å². The van der Waals surface area contributed by atoms with Crippen molar-refractivity contribution in [2.24, 2.45) is 0 Å². The summed E-state index contributed by atoms with van der Waals surface area (Å²) in [5, 5.41) is 1.41. The number of piperidine rings is 1. The van der Waals surface area contributed by atoms with E-state index in [4.69, 9.17) is 4.74 Å². The largest absolute Gasteiger partial charge is 0.494 e. The fourth-order valence-corrected chi connectivity index (χ4v) is 5.60. The van der Waals surface area contributed by atoms with Crippen molar-refractivity contribution in [2.45, 2.75) is 25.8 Å². The first-order chi connectivity index (χ1) is 15.2. The molecule has 1 saturated heterocycles. The number of nitrogens with zero attached hydrogens (tertiary/aromatic N) is 3. The summed E-state index contributed by atoms with van der Waals surface area (Å²) in [4.78, 5) is 33.8. The van der Waals surface area contributed by atoms with Crippen molar-refractivity contribution >= 4 is 38.2 Å². The fourth-order valence-electron chi connectivity index (χ4n) is 4.33. The summed E-state index contributed by atoms with van der Waals surface area (Å²) in [6.45, 7) is 1.85. The zero-order valence-corrected chi connectivity index (χ0v) is 18.2. The molecular weight excluding hydrogens is 410 g/mol. The number of aromatic nitrogens is 2. The number of pyridine rings is 2. The lowest BCUT2D eigenvalue weighted by atomic mass is 10.1. The van der Waals surface area contributed by atoms with Crippen LogP contribution in [-0.4, -0.2) is 40.6 Å². The molecule has 1 aromatic carbocycles. The van der Waals surface area contributed by atoms with Crippen LogP contribution in [0.1, 0.15) is 34.6 Å². The fraction of sp³-hybridized carbons (Fsp3) is 0.292. The van der Waals surface area contributed by atoms with Crippen LogP contribution in [0.4, 0.5) is 0 Å². The van der Waals surface area contributed by atoms with Crippen LogP contribution in [0.25, 0.3) is 21.0 Å². The minimum absolute atomic E-state index is 0.0440. The molecule has 5 rings (SSSR count). The zero-order chi connectivity index (χ0) is 21.4. The minimum Gasteiger partial charge on any atom is -0.494 e. The number of amides is 1. The van der Waals surface area contributed by atoms with Gasteiger partial charge in [-0.1, -0.05) is 24.3 Å². The van der Waals surface area contributed by atoms with Gasteiger partial charge in [0.15, 0.2) is 5.75 Å². The highest BCUT2D eigenvalue weighted by molar-refractivity contribution is 7.22. The number of thiophene rings is 1. The maximum Gasteiger partial charge on any atom is 0.267 e. The van der Waals surface area contributed by atoms with E-state index in [1.54, 1.807) is 10.8 Å². The van der Waals surface area contributed by atoms with Crippen LogP contribution in [0, 0.1) is 0 Å². The molecular formula is C24H23N3O3S. The molecule has 0 saturated carbocycles. The van der Waals surface area contributed by atoms with Gasteiger partial charge in [-0.05, 0) is 37.5 Å². The Morgan fingerprint density at radius 2 is 1.87 bits per heavy atom. The summed E-state index contributed by atoms with van der Waals surface area (Å²) < 4.78 is 8.21. The molecule has 0 spiro atoms. The van der Waals surface area contributed by atoms with Gasteiger partial charge < -0.3 is 14.2 Å². The predicted molar refractivity (Wildman–Crippen MR) is 123 cm³/mol. The van der Waals surface area contributed by atoms with Crippen LogP contribution >= 0.6 is 11.3 Å². The number of para-hydroxylation sites is 1. The van der Waals surface area contributed by atoms with Gasteiger partial charge in [-0.2, -0.15) is 0 Å². The first-order valence-corrected chi connectivity index (χ1v) is 11.3. The van der Waals surface area contributed by atoms with E-state index in [0.29, 0.717) is 22.6 Å². The Morgan fingerprint density at radius 3 is 2.61 bits per heavy atom. The molecule has 0 unspecified atom stereocenters. The SMILES string of the molecule is COc1c(C(=O)N2CCCCC2)sc2c1c(=O)n(Cc1ccccn1)c1ccccc21. The Hall–Kier alpha value is -3.19. The molecule has 4 heterocycles. The van der Waals surface area contributed by atoms with E-state index >= 15 is 0 Å². The molecule has 0 atom stereocenters. The van der Waals surface area contributed by atoms with Crippen molar-refractivity contribution in [2.75, 3.05) is 20.2 Å². The van der Waals surface area contributed by atoms with E-state index in [0.717, 1.165) is 53.6 Å². The maximum absolute atomic E-state index is 13.7. The number of fused-ring (bicyclic) bond motifs is 3. The summed E-state index contributed by atoms with van der Waals surface area (Å²) >= 11 is 1.36. The topological polar surface area (TPSA) is 64.4 Å². The van der Waals surface area contributed by atoms with Gasteiger partial charge in [0, 0.05) is 24.7 Å². The Morgan fingerprint density at radius 1 is 1.10 bits per heavy atom. The first kappa shape index (κ1) is 19.8. The minimum atomic E-state index is -0.162. The lowest BCUT2D eigenvalue weighted by Crippen LogP contribution is -2.35. The predicted octanol–water partition coefficient (Wildman–Crippen LogP) is 4.29. The van der Waals surface area contributed by atoms with Gasteiger partial charge in [0.2, 0.25) is 0 Å². The van der Waals surface area contributed by atoms with Gasteiger partial charge in [0.25, 0.3) is 11.5 Å². The number of carbonyl (C=O) groups is 1. The number of likely N-dealkylation sites (tertiary alicyclic amines) is 1. The Balaban J connectivity index is 1.75. The van der Waals surface area contributed by atoms with Crippen LogP contribution in [-0.2, 0) is 6.54 Å². The van der Waals surface area contributed by atoms with Crippen LogP contribution in [0.2, 0.25) is 0 Å². The second-order valence-electron chi connectivity index (χ2n) is 7.75. The normalized spacial score (nSPS) is 14.3. The Bertz CT molecular complexity index is 1320. The second-order valence-corrected chi connectivity index (χ2v) is 8.77. The number of benzene rings is 1. The average Bonchev–Trinajstić information content (AvgIpc) is 3.22. The van der Waals surface area contributed by atoms with Gasteiger partial charge >= 0.3 is 0 Å². The first-order valence-electron chi connectivity index (χ1n) is 10.5. The van der Waals surface area contributed by atoms with Crippen LogP contribution in [0.15, 0.2) is 53.5 Å². The molecule has 1 aliphatic rings. The smallest absolute Gasteiger partial charge is 0.267 e. The van der Waals surface area contributed by atoms with Crippen molar-refractivity contribution in [1.82, 2.24) is 14.5 Å². The molecule has 1 amide bonds. The lowest BCUT2D eigenvalue weighted by molar-refractivity contribution is 0.0726. The molecule has 0 aliphatic carbocycles. The molecule has 3 aromatic heterocycles. The highest BCUT2D eigenvalue weighted by Crippen LogP contribution is 2.40. The van der Waals surface area contributed by atoms with E-state index in [9.17, 15) is 9.59 Å². The molecule has 7 heteroatoms. The standard InChI is InChI=1S/C24H23N3O3S/c1-30-20-19-21(31-22(20)24(29)26-13-7-2-8-14-26)17-10-3-4-11-18(17)27(23(19)28)15-16-9-5-6-12-25-16/h3-6,9-12H,2,7-8,13-15H2,1H3. The van der Waals surface area contributed by atoms with E-state index in [2.05, 4.69) is 4.98 Å². The van der Waals surface area contributed by atoms with Gasteiger partial charge in [-0.25, -0.2) is 0 Å². The van der Waals surface area contributed by atoms with Crippen molar-refractivity contribution in [3.63, 3.8) is 0 Å². The monoisotopic (exact) mass is 433 g/mol. The molecule has 0 bridgehead atoms. The summed E-state index contributed by atoms with van der Waals surface area (Å²) in [5.74, 6) is 0.346. The van der Waals surface area contributed by atoms with Gasteiger partial charge in [0.05, 0.1) is 29.6 Å². The van der Waals surface area contributed by atoms with E-state index in [-0.39, 0.29) is 11.5 Å². The summed E-state index contributed by atoms with van der Waals surface area (Å²) in [7, 11) is 1.53. The molecule has 0 radical (unpaired) electrons. The highest BCUT2D eigenvalue weighted by Gasteiger charge is 2.28. The number of hydrogen-bond acceptors (Lipinski definition) is 5. The number of carbonyl (C=O) groups excluding carboxylic acids is 1. The zero-order valence-electron chi connectivity index (χ0n) is 17.3. The molecule has 1 aliphatic heterocycles. The molecule has 4 aromatic rings. The van der Waals surface area contributed by atoms with Crippen LogP contribution < -0.4 is 10.3 Å². The molecule has 6 nitrogen and oxygen atoms in total. The Labute approximate surface area is 183 Å². The number of methoxy groups -OCH3 is 1. The third-order valence-electron chi connectivity index (χ3n) is 5.85. The summed E-state index contributed by atoms with van der Waals surface area (Å²) in [6, 6.07) is 13.5. The molecule has 0 N–H and O–H groups in total. The third kappa shape index (κ3) is 3.39. The summed E-state index contributed by atoms with van der Waals surface area (Å²) in [6.07, 6.45) is 4.90. The Kier molecular flexibility index (Phi) is 5.19. The summed E-state index contributed by atoms with van der Waals surface area (Å²) in [5.41, 5.74) is 1.46. The van der Waals surface area contributed by atoms with Gasteiger partial charge in [-0.15, -0.1) is 11.3 Å². The molecule has 158 valence electrons. The average molecular weight is 434 g/mol. The molecule has 31 heavy (non-hydrogen) atoms. The highest BCUT2D eigenvalue weighted by atomic mass is 32.1. The number of hydrogen-bond donors (Lipinski definition) is 0. The van der Waals surface area contributed by atoms with E-state index in [1.807, 2.05) is 47.4 Å². The van der Waals surface area contributed by atoms with Crippen molar-refractivity contribution in [3.05, 3.63) is 69.6 Å². The van der Waals surface area contributed by atoms with E-state index in [1.165, 1.54) is 18.4 Å². The van der Waals surface area contributed by atoms with Crippen molar-refractivity contribution < 1.29 is 9.53 Å². The van der Waals surface area contributed by atoms with Crippen LogP contribution in [0.3, 0.4) is 0 Å². The second kappa shape index (κ2) is 8.15. The number of ether oxygens (including phenoxy) is 1. The van der Waals surface area contributed by atoms with Crippen molar-refractivity contribution in [1.29, 1.82) is 0 Å². The quantitative estimate of drug-likeness (QED) is 0.482. The van der Waals surface area contributed by atoms with Crippen molar-refractivity contribution in [3.8, 4) is 5.75 Å². The van der Waals surface area contributed by atoms with Gasteiger partial charge in [-0.3, -0.25) is 14.6 Å². The third-order valence-corrected chi connectivity index (χ3v) is 7.04. The van der Waals surface area contributed by atoms with E-state index < -0.39 is 0 Å². The van der Waals surface area contributed by atoms with Crippen LogP contribution in [0.5, 0.6) is 5.75 Å². The molecule has 1 fully saturated rings. The maximum atomic E-state index is 13.7.